The van der Waals surface area contributed by atoms with Crippen molar-refractivity contribution < 1.29 is 4.79 Å². The molecule has 0 N–H and O–H groups in total. The maximum Gasteiger partial charge on any atom is 0.225 e. The van der Waals surface area contributed by atoms with E-state index in [0.29, 0.717) is 5.91 Å². The third-order valence-corrected chi connectivity index (χ3v) is 4.27. The van der Waals surface area contributed by atoms with Gasteiger partial charge in [-0.2, -0.15) is 0 Å². The number of rotatable bonds is 9. The van der Waals surface area contributed by atoms with Crippen LogP contribution in [0.3, 0.4) is 0 Å². The summed E-state index contributed by atoms with van der Waals surface area (Å²) in [7, 11) is 0. The molecule has 0 spiro atoms. The second kappa shape index (κ2) is 9.07. The number of carbonyl (C=O) groups is 1. The molecule has 0 aliphatic heterocycles. The largest absolute Gasteiger partial charge is 0.338 e. The number of nitrogens with zero attached hydrogens (tertiary/aromatic N) is 1. The summed E-state index contributed by atoms with van der Waals surface area (Å²) in [4.78, 5) is 14.5. The summed E-state index contributed by atoms with van der Waals surface area (Å²) in [6, 6.07) is 0. The molecule has 0 aromatic carbocycles. The fraction of sp³-hybridized carbons (Fsp3) is 0.737. The van der Waals surface area contributed by atoms with Crippen molar-refractivity contribution in [2.75, 3.05) is 13.1 Å². The van der Waals surface area contributed by atoms with Gasteiger partial charge in [-0.05, 0) is 58.8 Å². The zero-order chi connectivity index (χ0) is 15.8. The van der Waals surface area contributed by atoms with Crippen LogP contribution in [0, 0.1) is 11.8 Å². The van der Waals surface area contributed by atoms with Crippen LogP contribution in [0.1, 0.15) is 66.7 Å². The van der Waals surface area contributed by atoms with Crippen LogP contribution in [-0.2, 0) is 4.79 Å². The Morgan fingerprint density at radius 1 is 1.24 bits per heavy atom. The first kappa shape index (κ1) is 18.0. The summed E-state index contributed by atoms with van der Waals surface area (Å²) in [5.74, 6) is 1.25. The van der Waals surface area contributed by atoms with E-state index in [9.17, 15) is 4.79 Å². The molecule has 1 fully saturated rings. The minimum atomic E-state index is 0.156. The van der Waals surface area contributed by atoms with Crippen LogP contribution in [0.2, 0.25) is 0 Å². The van der Waals surface area contributed by atoms with Crippen molar-refractivity contribution in [3.8, 4) is 0 Å². The fourth-order valence-electron chi connectivity index (χ4n) is 2.31. The van der Waals surface area contributed by atoms with Crippen LogP contribution in [0.15, 0.2) is 23.3 Å². The average molecular weight is 291 g/mol. The number of allylic oxidation sites excluding steroid dienone is 3. The number of hydrogen-bond acceptors (Lipinski definition) is 1. The molecule has 1 rings (SSSR count). The third kappa shape index (κ3) is 7.50. The van der Waals surface area contributed by atoms with Gasteiger partial charge in [-0.1, -0.05) is 37.1 Å². The molecule has 1 atom stereocenters. The summed E-state index contributed by atoms with van der Waals surface area (Å²) >= 11 is 0. The van der Waals surface area contributed by atoms with E-state index in [-0.39, 0.29) is 5.92 Å². The van der Waals surface area contributed by atoms with Gasteiger partial charge < -0.3 is 4.90 Å². The van der Waals surface area contributed by atoms with Crippen molar-refractivity contribution in [2.24, 2.45) is 11.8 Å². The van der Waals surface area contributed by atoms with Crippen LogP contribution in [0.5, 0.6) is 0 Å². The van der Waals surface area contributed by atoms with Crippen LogP contribution < -0.4 is 0 Å². The van der Waals surface area contributed by atoms with Crippen LogP contribution in [0.4, 0.5) is 0 Å². The number of hydrogen-bond donors (Lipinski definition) is 0. The first-order chi connectivity index (χ1) is 9.93. The minimum absolute atomic E-state index is 0.156. The van der Waals surface area contributed by atoms with Crippen LogP contribution in [0.25, 0.3) is 0 Å². The molecule has 0 heterocycles. The maximum atomic E-state index is 12.4. The van der Waals surface area contributed by atoms with Crippen molar-refractivity contribution in [2.45, 2.75) is 66.7 Å². The van der Waals surface area contributed by atoms with E-state index in [1.807, 2.05) is 6.92 Å². The predicted molar refractivity (Wildman–Crippen MR) is 91.2 cm³/mol. The second-order valence-electron chi connectivity index (χ2n) is 6.87. The highest BCUT2D eigenvalue weighted by molar-refractivity contribution is 5.78. The van der Waals surface area contributed by atoms with Gasteiger partial charge in [0.1, 0.15) is 0 Å². The monoisotopic (exact) mass is 291 g/mol. The lowest BCUT2D eigenvalue weighted by molar-refractivity contribution is -0.134. The Bertz CT molecular complexity index is 386. The van der Waals surface area contributed by atoms with E-state index < -0.39 is 0 Å². The molecule has 2 nitrogen and oxygen atoms in total. The van der Waals surface area contributed by atoms with Gasteiger partial charge in [0, 0.05) is 19.0 Å². The van der Waals surface area contributed by atoms with E-state index in [1.165, 1.54) is 24.0 Å². The maximum absolute atomic E-state index is 12.4. The second-order valence-corrected chi connectivity index (χ2v) is 6.87. The summed E-state index contributed by atoms with van der Waals surface area (Å²) in [5.41, 5.74) is 2.77. The van der Waals surface area contributed by atoms with E-state index in [2.05, 4.69) is 44.7 Å². The van der Waals surface area contributed by atoms with Crippen LogP contribution in [-0.4, -0.2) is 23.9 Å². The quantitative estimate of drug-likeness (QED) is 0.550. The normalized spacial score (nSPS) is 16.5. The molecule has 21 heavy (non-hydrogen) atoms. The Kier molecular flexibility index (Phi) is 7.77. The molecule has 0 aromatic rings. The van der Waals surface area contributed by atoms with Crippen molar-refractivity contribution in [1.82, 2.24) is 4.90 Å². The average Bonchev–Trinajstić information content (AvgIpc) is 3.25. The minimum Gasteiger partial charge on any atom is -0.338 e. The van der Waals surface area contributed by atoms with Gasteiger partial charge in [0.05, 0.1) is 0 Å². The first-order valence-electron chi connectivity index (χ1n) is 8.51. The smallest absolute Gasteiger partial charge is 0.225 e. The third-order valence-electron chi connectivity index (χ3n) is 4.27. The van der Waals surface area contributed by atoms with Gasteiger partial charge in [0.25, 0.3) is 0 Å². The molecule has 1 aliphatic carbocycles. The van der Waals surface area contributed by atoms with Gasteiger partial charge in [-0.3, -0.25) is 4.79 Å². The van der Waals surface area contributed by atoms with Gasteiger partial charge in [-0.25, -0.2) is 0 Å². The molecule has 120 valence electrons. The molecule has 1 saturated carbocycles. The van der Waals surface area contributed by atoms with Crippen molar-refractivity contribution >= 4 is 5.91 Å². The van der Waals surface area contributed by atoms with E-state index >= 15 is 0 Å². The Balaban J connectivity index is 2.50. The SMILES string of the molecule is CCC(C)C(=O)N(C/C=C(\C)CCC=C(C)C)CC1CC1. The van der Waals surface area contributed by atoms with Gasteiger partial charge in [0.15, 0.2) is 0 Å². The molecule has 0 radical (unpaired) electrons. The Hall–Kier alpha value is -1.05. The van der Waals surface area contributed by atoms with Crippen LogP contribution >= 0.6 is 0 Å². The molecule has 1 aliphatic rings. The Labute approximate surface area is 131 Å². The summed E-state index contributed by atoms with van der Waals surface area (Å²) in [6.45, 7) is 12.4. The van der Waals surface area contributed by atoms with Gasteiger partial charge in [-0.15, -0.1) is 0 Å². The van der Waals surface area contributed by atoms with Gasteiger partial charge >= 0.3 is 0 Å². The Morgan fingerprint density at radius 3 is 2.43 bits per heavy atom. The zero-order valence-electron chi connectivity index (χ0n) is 14.6. The highest BCUT2D eigenvalue weighted by Gasteiger charge is 2.27. The van der Waals surface area contributed by atoms with E-state index in [1.54, 1.807) is 0 Å². The van der Waals surface area contributed by atoms with E-state index in [4.69, 9.17) is 0 Å². The zero-order valence-corrected chi connectivity index (χ0v) is 14.6. The molecular formula is C19H33NO. The van der Waals surface area contributed by atoms with Crippen molar-refractivity contribution in [3.05, 3.63) is 23.3 Å². The molecule has 1 unspecified atom stereocenters. The highest BCUT2D eigenvalue weighted by atomic mass is 16.2. The van der Waals surface area contributed by atoms with Gasteiger partial charge in [0.2, 0.25) is 5.91 Å². The van der Waals surface area contributed by atoms with Crippen molar-refractivity contribution in [3.63, 3.8) is 0 Å². The molecular weight excluding hydrogens is 258 g/mol. The van der Waals surface area contributed by atoms with Crippen molar-refractivity contribution in [1.29, 1.82) is 0 Å². The standard InChI is InChI=1S/C19H33NO/c1-6-17(5)19(21)20(14-18-10-11-18)13-12-16(4)9-7-8-15(2)3/h8,12,17-18H,6-7,9-11,13-14H2,1-5H3/b16-12+. The molecule has 1 amide bonds. The summed E-state index contributed by atoms with van der Waals surface area (Å²) < 4.78 is 0. The Morgan fingerprint density at radius 2 is 1.90 bits per heavy atom. The topological polar surface area (TPSA) is 20.3 Å². The predicted octanol–water partition coefficient (Wildman–Crippen LogP) is 4.96. The fourth-order valence-corrected chi connectivity index (χ4v) is 2.31. The summed E-state index contributed by atoms with van der Waals surface area (Å²) in [5, 5.41) is 0. The lowest BCUT2D eigenvalue weighted by Gasteiger charge is -2.24. The number of carbonyl (C=O) groups excluding carboxylic acids is 1. The highest BCUT2D eigenvalue weighted by Crippen LogP contribution is 2.30. The lowest BCUT2D eigenvalue weighted by Crippen LogP contribution is -2.36. The molecule has 0 saturated heterocycles. The number of amides is 1. The molecule has 0 aromatic heterocycles. The first-order valence-corrected chi connectivity index (χ1v) is 8.51. The molecule has 2 heteroatoms. The molecule has 0 bridgehead atoms. The lowest BCUT2D eigenvalue weighted by atomic mass is 10.1. The van der Waals surface area contributed by atoms with E-state index in [0.717, 1.165) is 38.3 Å². The summed E-state index contributed by atoms with van der Waals surface area (Å²) in [6.07, 6.45) is 10.3.